The maximum absolute atomic E-state index is 13.9. The van der Waals surface area contributed by atoms with E-state index in [2.05, 4.69) is 10.3 Å². The number of methoxy groups -OCH3 is 1. The Labute approximate surface area is 121 Å². The fourth-order valence-electron chi connectivity index (χ4n) is 2.05. The molecular weight excluding hydrogens is 277 g/mol. The Bertz CT molecular complexity index is 655. The summed E-state index contributed by atoms with van der Waals surface area (Å²) in [6, 6.07) is 4.52. The number of carboxylic acids is 1. The van der Waals surface area contributed by atoms with E-state index in [1.807, 2.05) is 6.92 Å². The molecule has 0 aliphatic rings. The normalized spacial score (nSPS) is 10.6. The quantitative estimate of drug-likeness (QED) is 0.882. The highest BCUT2D eigenvalue weighted by Gasteiger charge is 2.19. The summed E-state index contributed by atoms with van der Waals surface area (Å²) in [5.74, 6) is -1.13. The third-order valence-corrected chi connectivity index (χ3v) is 3.11. The van der Waals surface area contributed by atoms with Crippen LogP contribution in [0.1, 0.15) is 35.1 Å². The second kappa shape index (κ2) is 6.34. The van der Waals surface area contributed by atoms with Crippen molar-refractivity contribution in [1.82, 2.24) is 15.0 Å². The smallest absolute Gasteiger partial charge is 0.358 e. The minimum absolute atomic E-state index is 0.0780. The fourth-order valence-corrected chi connectivity index (χ4v) is 2.05. The van der Waals surface area contributed by atoms with E-state index >= 15 is 0 Å². The molecule has 0 aliphatic heterocycles. The summed E-state index contributed by atoms with van der Waals surface area (Å²) in [7, 11) is 1.46. The number of nitrogens with zero attached hydrogens (tertiary/aromatic N) is 3. The van der Waals surface area contributed by atoms with Gasteiger partial charge >= 0.3 is 5.97 Å². The average Bonchev–Trinajstić information content (AvgIpc) is 2.84. The molecule has 0 radical (unpaired) electrons. The van der Waals surface area contributed by atoms with E-state index in [0.29, 0.717) is 23.4 Å². The average molecular weight is 293 g/mol. The molecule has 0 bridgehead atoms. The predicted molar refractivity (Wildman–Crippen MR) is 73.0 cm³/mol. The van der Waals surface area contributed by atoms with Crippen LogP contribution < -0.4 is 4.74 Å². The first-order chi connectivity index (χ1) is 10.1. The fraction of sp³-hybridized carbons (Fsp3) is 0.357. The van der Waals surface area contributed by atoms with Crippen LogP contribution in [0.3, 0.4) is 0 Å². The van der Waals surface area contributed by atoms with Gasteiger partial charge in [-0.25, -0.2) is 13.9 Å². The number of benzene rings is 1. The summed E-state index contributed by atoms with van der Waals surface area (Å²) >= 11 is 0. The molecule has 0 unspecified atom stereocenters. The summed E-state index contributed by atoms with van der Waals surface area (Å²) in [6.07, 6.45) is 1.27. The number of ether oxygens (including phenoxy) is 1. The van der Waals surface area contributed by atoms with Gasteiger partial charge in [-0.15, -0.1) is 5.10 Å². The van der Waals surface area contributed by atoms with Gasteiger partial charge in [0.05, 0.1) is 19.3 Å². The van der Waals surface area contributed by atoms with Gasteiger partial charge in [0, 0.05) is 11.6 Å². The number of carbonyl (C=O) groups is 1. The van der Waals surface area contributed by atoms with Crippen molar-refractivity contribution < 1.29 is 19.0 Å². The predicted octanol–water partition coefficient (Wildman–Crippen LogP) is 2.12. The maximum Gasteiger partial charge on any atom is 0.358 e. The maximum atomic E-state index is 13.9. The van der Waals surface area contributed by atoms with E-state index in [-0.39, 0.29) is 12.2 Å². The van der Waals surface area contributed by atoms with E-state index in [9.17, 15) is 9.18 Å². The summed E-state index contributed by atoms with van der Waals surface area (Å²) in [6.45, 7) is 2.06. The number of aromatic nitrogens is 3. The number of halogens is 1. The number of aromatic carboxylic acids is 1. The molecule has 0 amide bonds. The molecule has 21 heavy (non-hydrogen) atoms. The van der Waals surface area contributed by atoms with Crippen molar-refractivity contribution in [3.05, 3.63) is 41.0 Å². The lowest BCUT2D eigenvalue weighted by Crippen LogP contribution is -2.10. The molecule has 112 valence electrons. The Kier molecular flexibility index (Phi) is 4.52. The Hall–Kier alpha value is -2.44. The van der Waals surface area contributed by atoms with Crippen molar-refractivity contribution in [1.29, 1.82) is 0 Å². The van der Waals surface area contributed by atoms with Crippen LogP contribution in [0.25, 0.3) is 0 Å². The highest BCUT2D eigenvalue weighted by Crippen LogP contribution is 2.18. The second-order valence-electron chi connectivity index (χ2n) is 4.55. The number of rotatable bonds is 6. The minimum Gasteiger partial charge on any atom is -0.497 e. The molecule has 2 aromatic rings. The van der Waals surface area contributed by atoms with Gasteiger partial charge in [-0.05, 0) is 12.5 Å². The summed E-state index contributed by atoms with van der Waals surface area (Å²) in [5, 5.41) is 16.6. The molecule has 0 fully saturated rings. The van der Waals surface area contributed by atoms with Crippen molar-refractivity contribution in [2.45, 2.75) is 26.3 Å². The number of hydrogen-bond donors (Lipinski definition) is 1. The number of hydrogen-bond acceptors (Lipinski definition) is 4. The highest BCUT2D eigenvalue weighted by atomic mass is 19.1. The first kappa shape index (κ1) is 15.0. The summed E-state index contributed by atoms with van der Waals surface area (Å²) in [4.78, 5) is 11.1. The van der Waals surface area contributed by atoms with Crippen molar-refractivity contribution in [3.63, 3.8) is 0 Å². The van der Waals surface area contributed by atoms with Crippen molar-refractivity contribution in [3.8, 4) is 5.75 Å². The standard InChI is InChI=1S/C14H16FN3O3/c1-3-4-12-13(14(19)20)16-17-18(12)8-9-5-6-10(21-2)7-11(9)15/h5-7H,3-4,8H2,1-2H3,(H,19,20). The summed E-state index contributed by atoms with van der Waals surface area (Å²) in [5.41, 5.74) is 0.820. The Morgan fingerprint density at radius 2 is 2.24 bits per heavy atom. The van der Waals surface area contributed by atoms with Crippen LogP contribution in [-0.4, -0.2) is 33.2 Å². The van der Waals surface area contributed by atoms with Crippen LogP contribution in [0.4, 0.5) is 4.39 Å². The largest absolute Gasteiger partial charge is 0.497 e. The van der Waals surface area contributed by atoms with E-state index in [1.54, 1.807) is 12.1 Å². The molecule has 0 saturated carbocycles. The Morgan fingerprint density at radius 1 is 1.48 bits per heavy atom. The zero-order chi connectivity index (χ0) is 15.4. The third kappa shape index (κ3) is 3.18. The van der Waals surface area contributed by atoms with Crippen LogP contribution in [0.5, 0.6) is 5.75 Å². The first-order valence-electron chi connectivity index (χ1n) is 6.54. The van der Waals surface area contributed by atoms with Gasteiger partial charge in [-0.2, -0.15) is 0 Å². The van der Waals surface area contributed by atoms with Crippen LogP contribution >= 0.6 is 0 Å². The zero-order valence-electron chi connectivity index (χ0n) is 11.8. The van der Waals surface area contributed by atoms with Crippen LogP contribution in [0.2, 0.25) is 0 Å². The molecule has 7 heteroatoms. The molecule has 6 nitrogen and oxygen atoms in total. The second-order valence-corrected chi connectivity index (χ2v) is 4.55. The minimum atomic E-state index is -1.13. The van der Waals surface area contributed by atoms with Gasteiger partial charge in [-0.1, -0.05) is 24.6 Å². The van der Waals surface area contributed by atoms with Crippen LogP contribution in [0.15, 0.2) is 18.2 Å². The summed E-state index contributed by atoms with van der Waals surface area (Å²) < 4.78 is 20.3. The molecule has 0 saturated heterocycles. The molecule has 0 aliphatic carbocycles. The topological polar surface area (TPSA) is 77.2 Å². The zero-order valence-corrected chi connectivity index (χ0v) is 11.8. The third-order valence-electron chi connectivity index (χ3n) is 3.11. The van der Waals surface area contributed by atoms with E-state index < -0.39 is 11.8 Å². The molecule has 1 heterocycles. The van der Waals surface area contributed by atoms with Gasteiger partial charge in [0.1, 0.15) is 11.6 Å². The lowest BCUT2D eigenvalue weighted by Gasteiger charge is -2.08. The van der Waals surface area contributed by atoms with Gasteiger partial charge < -0.3 is 9.84 Å². The Balaban J connectivity index is 2.33. The van der Waals surface area contributed by atoms with Gasteiger partial charge in [0.25, 0.3) is 0 Å². The Morgan fingerprint density at radius 3 is 2.81 bits per heavy atom. The lowest BCUT2D eigenvalue weighted by molar-refractivity contribution is 0.0689. The van der Waals surface area contributed by atoms with Crippen molar-refractivity contribution in [2.24, 2.45) is 0 Å². The molecule has 0 spiro atoms. The van der Waals surface area contributed by atoms with Crippen LogP contribution in [-0.2, 0) is 13.0 Å². The first-order valence-corrected chi connectivity index (χ1v) is 6.54. The molecule has 0 atom stereocenters. The van der Waals surface area contributed by atoms with Crippen LogP contribution in [0, 0.1) is 5.82 Å². The monoisotopic (exact) mass is 293 g/mol. The van der Waals surface area contributed by atoms with E-state index in [4.69, 9.17) is 9.84 Å². The number of carboxylic acid groups (broad SMARTS) is 1. The molecular formula is C14H16FN3O3. The van der Waals surface area contributed by atoms with Gasteiger partial charge in [0.2, 0.25) is 0 Å². The lowest BCUT2D eigenvalue weighted by atomic mass is 10.1. The van der Waals surface area contributed by atoms with Crippen molar-refractivity contribution >= 4 is 5.97 Å². The van der Waals surface area contributed by atoms with Crippen molar-refractivity contribution in [2.75, 3.05) is 7.11 Å². The molecule has 2 rings (SSSR count). The van der Waals surface area contributed by atoms with Gasteiger partial charge in [0.15, 0.2) is 5.69 Å². The molecule has 1 aromatic carbocycles. The van der Waals surface area contributed by atoms with E-state index in [1.165, 1.54) is 17.9 Å². The SMILES string of the molecule is CCCc1c(C(=O)O)nnn1Cc1ccc(OC)cc1F. The van der Waals surface area contributed by atoms with Gasteiger partial charge in [-0.3, -0.25) is 0 Å². The van der Waals surface area contributed by atoms with E-state index in [0.717, 1.165) is 6.42 Å². The molecule has 1 N–H and O–H groups in total. The molecule has 1 aromatic heterocycles. The highest BCUT2D eigenvalue weighted by molar-refractivity contribution is 5.86.